The number of nitrogens with zero attached hydrogens (tertiary/aromatic N) is 3. The summed E-state index contributed by atoms with van der Waals surface area (Å²) in [5.74, 6) is -0.594. The fourth-order valence-corrected chi connectivity index (χ4v) is 4.46. The molecule has 0 bridgehead atoms. The smallest absolute Gasteiger partial charge is 0.263 e. The molecule has 0 spiro atoms. The van der Waals surface area contributed by atoms with E-state index in [1.54, 1.807) is 18.3 Å². The highest BCUT2D eigenvalue weighted by molar-refractivity contribution is 5.97. The molecule has 1 aliphatic carbocycles. The van der Waals surface area contributed by atoms with E-state index in [4.69, 9.17) is 0 Å². The van der Waals surface area contributed by atoms with Crippen LogP contribution in [-0.4, -0.2) is 37.0 Å². The molecule has 1 N–H and O–H groups in total. The molecule has 32 heavy (non-hydrogen) atoms. The number of fused-ring (bicyclic) bond motifs is 1. The number of rotatable bonds is 5. The van der Waals surface area contributed by atoms with Crippen molar-refractivity contribution in [3.8, 4) is 6.07 Å². The Morgan fingerprint density at radius 1 is 1.06 bits per heavy atom. The van der Waals surface area contributed by atoms with Gasteiger partial charge in [-0.1, -0.05) is 18.2 Å². The minimum Gasteiger partial charge on any atom is -0.373 e. The molecule has 2 aromatic carbocycles. The Hall–Kier alpha value is -3.33. The number of halogens is 1. The van der Waals surface area contributed by atoms with Crippen LogP contribution in [0.15, 0.2) is 54.2 Å². The number of nitrogens with one attached hydrogen (secondary N) is 1. The lowest BCUT2D eigenvalue weighted by Crippen LogP contribution is -2.44. The van der Waals surface area contributed by atoms with Gasteiger partial charge in [0.25, 0.3) is 5.91 Å². The Morgan fingerprint density at radius 2 is 1.75 bits per heavy atom. The summed E-state index contributed by atoms with van der Waals surface area (Å²) in [4.78, 5) is 16.9. The van der Waals surface area contributed by atoms with Gasteiger partial charge in [0, 0.05) is 38.1 Å². The number of benzene rings is 2. The first-order valence-corrected chi connectivity index (χ1v) is 11.3. The number of nitriles is 1. The van der Waals surface area contributed by atoms with Gasteiger partial charge < -0.3 is 15.1 Å². The predicted octanol–water partition coefficient (Wildman–Crippen LogP) is 4.11. The maximum atomic E-state index is 13.1. The minimum atomic E-state index is -0.348. The maximum absolute atomic E-state index is 13.1. The topological polar surface area (TPSA) is 59.4 Å². The van der Waals surface area contributed by atoms with Gasteiger partial charge in [0.05, 0.1) is 6.04 Å². The second-order valence-corrected chi connectivity index (χ2v) is 8.58. The van der Waals surface area contributed by atoms with Crippen LogP contribution in [0.3, 0.4) is 0 Å². The zero-order valence-corrected chi connectivity index (χ0v) is 18.5. The van der Waals surface area contributed by atoms with Gasteiger partial charge >= 0.3 is 0 Å². The second kappa shape index (κ2) is 9.86. The number of carbonyl (C=O) groups excluding carboxylic acids is 1. The summed E-state index contributed by atoms with van der Waals surface area (Å²) in [6.07, 6.45) is 6.35. The van der Waals surface area contributed by atoms with Crippen molar-refractivity contribution in [1.82, 2.24) is 10.2 Å². The van der Waals surface area contributed by atoms with E-state index in [0.717, 1.165) is 37.2 Å². The fourth-order valence-electron chi connectivity index (χ4n) is 4.46. The van der Waals surface area contributed by atoms with Crippen molar-refractivity contribution in [2.24, 2.45) is 0 Å². The van der Waals surface area contributed by atoms with Gasteiger partial charge in [-0.15, -0.1) is 0 Å². The van der Waals surface area contributed by atoms with Crippen molar-refractivity contribution in [2.75, 3.05) is 31.1 Å². The van der Waals surface area contributed by atoms with Gasteiger partial charge in [0.2, 0.25) is 0 Å². The SMILES string of the molecule is CC(NC(=O)/C(C#N)=C\N1CCN(c2ccc(F)cc2)CC1)c1ccc2c(c1)CCCC2. The summed E-state index contributed by atoms with van der Waals surface area (Å²) in [5, 5.41) is 12.6. The summed E-state index contributed by atoms with van der Waals surface area (Å²) in [6, 6.07) is 14.8. The standard InChI is InChI=1S/C26H29FN4O/c1-19(21-7-6-20-4-2-3-5-22(20)16-21)29-26(32)23(17-28)18-30-12-14-31(15-13-30)25-10-8-24(27)9-11-25/h6-11,16,18-19H,2-5,12-15H2,1H3,(H,29,32)/b23-18-. The number of amides is 1. The Bertz CT molecular complexity index is 1030. The first-order valence-electron chi connectivity index (χ1n) is 11.3. The number of carbonyl (C=O) groups is 1. The first kappa shape index (κ1) is 21.9. The van der Waals surface area contributed by atoms with Crippen molar-refractivity contribution in [3.05, 3.63) is 76.7 Å². The van der Waals surface area contributed by atoms with Crippen LogP contribution in [0.4, 0.5) is 10.1 Å². The van der Waals surface area contributed by atoms with E-state index in [2.05, 4.69) is 34.5 Å². The first-order chi connectivity index (χ1) is 15.5. The van der Waals surface area contributed by atoms with Crippen molar-refractivity contribution in [1.29, 1.82) is 5.26 Å². The van der Waals surface area contributed by atoms with E-state index in [9.17, 15) is 14.4 Å². The summed E-state index contributed by atoms with van der Waals surface area (Å²) in [6.45, 7) is 4.83. The quantitative estimate of drug-likeness (QED) is 0.571. The highest BCUT2D eigenvalue weighted by Gasteiger charge is 2.20. The maximum Gasteiger partial charge on any atom is 0.263 e. The molecule has 2 aromatic rings. The van der Waals surface area contributed by atoms with Crippen LogP contribution in [0, 0.1) is 17.1 Å². The van der Waals surface area contributed by atoms with E-state index in [0.29, 0.717) is 13.1 Å². The molecule has 2 aliphatic rings. The average Bonchev–Trinajstić information content (AvgIpc) is 2.83. The molecule has 1 atom stereocenters. The molecule has 1 heterocycles. The van der Waals surface area contributed by atoms with Crippen molar-refractivity contribution in [2.45, 2.75) is 38.6 Å². The zero-order chi connectivity index (χ0) is 22.5. The second-order valence-electron chi connectivity index (χ2n) is 8.58. The summed E-state index contributed by atoms with van der Waals surface area (Å²) >= 11 is 0. The molecule has 1 saturated heterocycles. The molecule has 1 fully saturated rings. The van der Waals surface area contributed by atoms with Crippen LogP contribution in [0.5, 0.6) is 0 Å². The van der Waals surface area contributed by atoms with Gasteiger partial charge in [0.15, 0.2) is 0 Å². The van der Waals surface area contributed by atoms with Crippen LogP contribution in [0.25, 0.3) is 0 Å². The number of hydrogen-bond acceptors (Lipinski definition) is 4. The largest absolute Gasteiger partial charge is 0.373 e. The highest BCUT2D eigenvalue weighted by Crippen LogP contribution is 2.25. The van der Waals surface area contributed by atoms with E-state index >= 15 is 0 Å². The van der Waals surface area contributed by atoms with Crippen LogP contribution in [0.1, 0.15) is 42.5 Å². The Kier molecular flexibility index (Phi) is 6.75. The monoisotopic (exact) mass is 432 g/mol. The number of anilines is 1. The lowest BCUT2D eigenvalue weighted by Gasteiger charge is -2.35. The number of hydrogen-bond donors (Lipinski definition) is 1. The molecule has 1 amide bonds. The van der Waals surface area contributed by atoms with E-state index in [-0.39, 0.29) is 23.3 Å². The van der Waals surface area contributed by atoms with Crippen LogP contribution in [-0.2, 0) is 17.6 Å². The molecule has 0 saturated carbocycles. The molecule has 5 nitrogen and oxygen atoms in total. The third-order valence-corrected chi connectivity index (χ3v) is 6.40. The van der Waals surface area contributed by atoms with Gasteiger partial charge in [-0.05, 0) is 73.6 Å². The third-order valence-electron chi connectivity index (χ3n) is 6.40. The van der Waals surface area contributed by atoms with E-state index in [1.165, 1.54) is 36.1 Å². The number of piperazine rings is 1. The number of aryl methyl sites for hydroxylation is 2. The fraction of sp³-hybridized carbons (Fsp3) is 0.385. The van der Waals surface area contributed by atoms with Crippen molar-refractivity contribution in [3.63, 3.8) is 0 Å². The third kappa shape index (κ3) is 5.11. The average molecular weight is 433 g/mol. The molecule has 6 heteroatoms. The van der Waals surface area contributed by atoms with Gasteiger partial charge in [-0.2, -0.15) is 5.26 Å². The molecule has 0 aromatic heterocycles. The molecule has 1 unspecified atom stereocenters. The van der Waals surface area contributed by atoms with Crippen LogP contribution in [0.2, 0.25) is 0 Å². The lowest BCUT2D eigenvalue weighted by molar-refractivity contribution is -0.117. The normalized spacial score (nSPS) is 17.3. The lowest BCUT2D eigenvalue weighted by atomic mass is 9.89. The van der Waals surface area contributed by atoms with E-state index < -0.39 is 0 Å². The molecular weight excluding hydrogens is 403 g/mol. The van der Waals surface area contributed by atoms with E-state index in [1.807, 2.05) is 11.8 Å². The zero-order valence-electron chi connectivity index (χ0n) is 18.5. The van der Waals surface area contributed by atoms with Crippen LogP contribution < -0.4 is 10.2 Å². The van der Waals surface area contributed by atoms with Gasteiger partial charge in [0.1, 0.15) is 17.5 Å². The molecule has 0 radical (unpaired) electrons. The Labute approximate surface area is 189 Å². The minimum absolute atomic E-state index is 0.116. The summed E-state index contributed by atoms with van der Waals surface area (Å²) in [5.41, 5.74) is 4.96. The van der Waals surface area contributed by atoms with Gasteiger partial charge in [-0.3, -0.25) is 4.79 Å². The molecular formula is C26H29FN4O. The van der Waals surface area contributed by atoms with Crippen molar-refractivity contribution >= 4 is 11.6 Å². The van der Waals surface area contributed by atoms with Gasteiger partial charge in [-0.25, -0.2) is 4.39 Å². The summed E-state index contributed by atoms with van der Waals surface area (Å²) in [7, 11) is 0. The molecule has 1 aliphatic heterocycles. The van der Waals surface area contributed by atoms with Crippen molar-refractivity contribution < 1.29 is 9.18 Å². The Balaban J connectivity index is 1.35. The van der Waals surface area contributed by atoms with Crippen LogP contribution >= 0.6 is 0 Å². The molecule has 4 rings (SSSR count). The Morgan fingerprint density at radius 3 is 2.44 bits per heavy atom. The predicted molar refractivity (Wildman–Crippen MR) is 124 cm³/mol. The highest BCUT2D eigenvalue weighted by atomic mass is 19.1. The summed E-state index contributed by atoms with van der Waals surface area (Å²) < 4.78 is 13.1. The molecule has 166 valence electrons.